The van der Waals surface area contributed by atoms with Gasteiger partial charge < -0.3 is 15.1 Å². The van der Waals surface area contributed by atoms with Crippen molar-refractivity contribution in [2.45, 2.75) is 13.2 Å². The molecule has 2 N–H and O–H groups in total. The Bertz CT molecular complexity index is 493. The van der Waals surface area contributed by atoms with Crippen molar-refractivity contribution in [3.63, 3.8) is 0 Å². The van der Waals surface area contributed by atoms with Gasteiger partial charge in [-0.1, -0.05) is 36.4 Å². The van der Waals surface area contributed by atoms with Crippen LogP contribution >= 0.6 is 0 Å². The number of aromatic hydroxyl groups is 1. The SMILES string of the molecule is OCc1ccc(COOc2ccccc2O)cc1. The molecule has 2 aromatic rings. The van der Waals surface area contributed by atoms with Crippen molar-refractivity contribution in [1.29, 1.82) is 0 Å². The van der Waals surface area contributed by atoms with E-state index in [-0.39, 0.29) is 24.7 Å². The molecule has 0 spiro atoms. The third-order valence-electron chi connectivity index (χ3n) is 2.45. The van der Waals surface area contributed by atoms with Crippen LogP contribution in [0.5, 0.6) is 11.5 Å². The molecule has 0 aliphatic carbocycles. The van der Waals surface area contributed by atoms with Crippen LogP contribution in [-0.2, 0) is 18.1 Å². The lowest BCUT2D eigenvalue weighted by molar-refractivity contribution is -0.218. The third-order valence-corrected chi connectivity index (χ3v) is 2.45. The zero-order valence-electron chi connectivity index (χ0n) is 9.74. The lowest BCUT2D eigenvalue weighted by Gasteiger charge is -2.06. The number of para-hydroxylation sites is 2. The molecule has 0 atom stereocenters. The Kier molecular flexibility index (Phi) is 4.17. The average molecular weight is 246 g/mol. The van der Waals surface area contributed by atoms with Crippen LogP contribution in [0.1, 0.15) is 11.1 Å². The number of phenolic OH excluding ortho intramolecular Hbond substituents is 1. The largest absolute Gasteiger partial charge is 0.504 e. The van der Waals surface area contributed by atoms with Gasteiger partial charge in [0, 0.05) is 0 Å². The summed E-state index contributed by atoms with van der Waals surface area (Å²) in [5.41, 5.74) is 1.77. The van der Waals surface area contributed by atoms with Crippen molar-refractivity contribution < 1.29 is 20.0 Å². The van der Waals surface area contributed by atoms with E-state index in [1.807, 2.05) is 24.3 Å². The van der Waals surface area contributed by atoms with Crippen LogP contribution in [-0.4, -0.2) is 10.2 Å². The summed E-state index contributed by atoms with van der Waals surface area (Å²) in [4.78, 5) is 10.0. The summed E-state index contributed by atoms with van der Waals surface area (Å²) in [6, 6.07) is 13.9. The monoisotopic (exact) mass is 246 g/mol. The van der Waals surface area contributed by atoms with Gasteiger partial charge >= 0.3 is 0 Å². The van der Waals surface area contributed by atoms with E-state index in [1.165, 1.54) is 6.07 Å². The van der Waals surface area contributed by atoms with Crippen LogP contribution in [0.4, 0.5) is 0 Å². The second-order valence-corrected chi connectivity index (χ2v) is 3.79. The summed E-state index contributed by atoms with van der Waals surface area (Å²) in [5, 5.41) is 18.3. The molecule has 4 nitrogen and oxygen atoms in total. The fourth-order valence-corrected chi connectivity index (χ4v) is 1.43. The predicted octanol–water partition coefficient (Wildman–Crippen LogP) is 2.40. The normalized spacial score (nSPS) is 10.3. The third kappa shape index (κ3) is 3.23. The molecule has 18 heavy (non-hydrogen) atoms. The summed E-state index contributed by atoms with van der Waals surface area (Å²) in [6.45, 7) is 0.287. The number of hydrogen-bond acceptors (Lipinski definition) is 4. The fraction of sp³-hybridized carbons (Fsp3) is 0.143. The topological polar surface area (TPSA) is 58.9 Å². The van der Waals surface area contributed by atoms with Crippen molar-refractivity contribution in [1.82, 2.24) is 0 Å². The first-order valence-corrected chi connectivity index (χ1v) is 5.56. The van der Waals surface area contributed by atoms with Gasteiger partial charge in [-0.2, -0.15) is 4.89 Å². The lowest BCUT2D eigenvalue weighted by atomic mass is 10.1. The van der Waals surface area contributed by atoms with Crippen molar-refractivity contribution >= 4 is 0 Å². The molecule has 2 aromatic carbocycles. The molecule has 0 amide bonds. The molecule has 0 heterocycles. The van der Waals surface area contributed by atoms with Crippen LogP contribution in [0.2, 0.25) is 0 Å². The predicted molar refractivity (Wildman–Crippen MR) is 65.9 cm³/mol. The van der Waals surface area contributed by atoms with Crippen molar-refractivity contribution in [3.8, 4) is 11.5 Å². The highest BCUT2D eigenvalue weighted by Gasteiger charge is 2.01. The maximum Gasteiger partial charge on any atom is 0.206 e. The zero-order valence-corrected chi connectivity index (χ0v) is 9.74. The Morgan fingerprint density at radius 3 is 2.22 bits per heavy atom. The van der Waals surface area contributed by atoms with Crippen LogP contribution < -0.4 is 4.89 Å². The molecular formula is C14H14O4. The molecule has 0 unspecified atom stereocenters. The van der Waals surface area contributed by atoms with Gasteiger partial charge in [-0.05, 0) is 23.3 Å². The first-order valence-electron chi connectivity index (χ1n) is 5.56. The number of aliphatic hydroxyl groups excluding tert-OH is 1. The van der Waals surface area contributed by atoms with Gasteiger partial charge in [0.1, 0.15) is 6.61 Å². The molecule has 0 saturated heterocycles. The molecule has 4 heteroatoms. The molecule has 0 saturated carbocycles. The minimum Gasteiger partial charge on any atom is -0.504 e. The fourth-order valence-electron chi connectivity index (χ4n) is 1.43. The van der Waals surface area contributed by atoms with E-state index < -0.39 is 0 Å². The molecule has 94 valence electrons. The Balaban J connectivity index is 1.86. The molecule has 0 radical (unpaired) electrons. The van der Waals surface area contributed by atoms with E-state index in [9.17, 15) is 5.11 Å². The Hall–Kier alpha value is -2.04. The molecule has 0 fully saturated rings. The quantitative estimate of drug-likeness (QED) is 0.628. The summed E-state index contributed by atoms with van der Waals surface area (Å²) in [7, 11) is 0. The van der Waals surface area contributed by atoms with Crippen LogP contribution in [0.15, 0.2) is 48.5 Å². The zero-order chi connectivity index (χ0) is 12.8. The molecule has 0 aliphatic heterocycles. The van der Waals surface area contributed by atoms with E-state index in [0.29, 0.717) is 0 Å². The van der Waals surface area contributed by atoms with Gasteiger partial charge in [-0.15, -0.1) is 0 Å². The Labute approximate surface area is 105 Å². The van der Waals surface area contributed by atoms with E-state index in [2.05, 4.69) is 0 Å². The van der Waals surface area contributed by atoms with Gasteiger partial charge in [0.15, 0.2) is 5.75 Å². The highest BCUT2D eigenvalue weighted by Crippen LogP contribution is 2.24. The smallest absolute Gasteiger partial charge is 0.206 e. The molecular weight excluding hydrogens is 232 g/mol. The van der Waals surface area contributed by atoms with E-state index in [4.69, 9.17) is 14.9 Å². The molecule has 2 rings (SSSR count). The van der Waals surface area contributed by atoms with Crippen LogP contribution in [0.3, 0.4) is 0 Å². The number of phenols is 1. The van der Waals surface area contributed by atoms with Crippen LogP contribution in [0.25, 0.3) is 0 Å². The van der Waals surface area contributed by atoms with E-state index >= 15 is 0 Å². The number of aliphatic hydroxyl groups is 1. The minimum absolute atomic E-state index is 0.0233. The van der Waals surface area contributed by atoms with Crippen LogP contribution in [0, 0.1) is 0 Å². The number of benzene rings is 2. The average Bonchev–Trinajstić information content (AvgIpc) is 2.42. The first kappa shape index (κ1) is 12.4. The second kappa shape index (κ2) is 6.05. The first-order chi connectivity index (χ1) is 8.79. The van der Waals surface area contributed by atoms with Crippen molar-refractivity contribution in [3.05, 3.63) is 59.7 Å². The highest BCUT2D eigenvalue weighted by molar-refractivity contribution is 5.37. The van der Waals surface area contributed by atoms with E-state index in [0.717, 1.165) is 11.1 Å². The standard InChI is InChI=1S/C14H14O4/c15-9-11-5-7-12(8-6-11)10-17-18-14-4-2-1-3-13(14)16/h1-8,15-16H,9-10H2. The molecule has 0 aromatic heterocycles. The maximum absolute atomic E-state index is 9.44. The summed E-state index contributed by atoms with van der Waals surface area (Å²) >= 11 is 0. The van der Waals surface area contributed by atoms with E-state index in [1.54, 1.807) is 18.2 Å². The maximum atomic E-state index is 9.44. The van der Waals surface area contributed by atoms with Gasteiger partial charge in [0.05, 0.1) is 6.61 Å². The summed E-state index contributed by atoms with van der Waals surface area (Å²) < 4.78 is 0. The summed E-state index contributed by atoms with van der Waals surface area (Å²) in [5.74, 6) is 0.317. The Morgan fingerprint density at radius 2 is 1.56 bits per heavy atom. The Morgan fingerprint density at radius 1 is 0.889 bits per heavy atom. The van der Waals surface area contributed by atoms with Gasteiger partial charge in [0.2, 0.25) is 5.75 Å². The molecule has 0 aliphatic rings. The van der Waals surface area contributed by atoms with Gasteiger partial charge in [-0.25, -0.2) is 0 Å². The minimum atomic E-state index is 0.0233. The summed E-state index contributed by atoms with van der Waals surface area (Å²) in [6.07, 6.45) is 0. The number of rotatable bonds is 5. The molecule has 0 bridgehead atoms. The van der Waals surface area contributed by atoms with Gasteiger partial charge in [0.25, 0.3) is 0 Å². The van der Waals surface area contributed by atoms with Gasteiger partial charge in [-0.3, -0.25) is 0 Å². The highest BCUT2D eigenvalue weighted by atomic mass is 17.2. The van der Waals surface area contributed by atoms with Crippen molar-refractivity contribution in [2.24, 2.45) is 0 Å². The lowest BCUT2D eigenvalue weighted by Crippen LogP contribution is -1.98. The van der Waals surface area contributed by atoms with Crippen molar-refractivity contribution in [2.75, 3.05) is 0 Å². The number of hydrogen-bond donors (Lipinski definition) is 2. The second-order valence-electron chi connectivity index (χ2n) is 3.79.